The van der Waals surface area contributed by atoms with Crippen molar-refractivity contribution in [1.29, 1.82) is 0 Å². The molecule has 0 saturated heterocycles. The van der Waals surface area contributed by atoms with Gasteiger partial charge in [-0.25, -0.2) is 9.97 Å². The Morgan fingerprint density at radius 2 is 2.08 bits per heavy atom. The van der Waals surface area contributed by atoms with Gasteiger partial charge in [-0.3, -0.25) is 4.98 Å². The van der Waals surface area contributed by atoms with Crippen molar-refractivity contribution < 1.29 is 0 Å². The molecule has 1 unspecified atom stereocenters. The SMILES string of the molecule is C#Cc1c(N)ncnc1NC(C)c1nc2ccccc2c(Cl)c1C1CC1. The molecule has 0 aliphatic heterocycles. The maximum atomic E-state index is 6.77. The summed E-state index contributed by atoms with van der Waals surface area (Å²) in [7, 11) is 0. The second kappa shape index (κ2) is 6.47. The highest BCUT2D eigenvalue weighted by atomic mass is 35.5. The quantitative estimate of drug-likeness (QED) is 0.676. The zero-order valence-electron chi connectivity index (χ0n) is 14.3. The molecule has 26 heavy (non-hydrogen) atoms. The first-order valence-corrected chi connectivity index (χ1v) is 8.89. The Balaban J connectivity index is 1.80. The number of nitrogens with one attached hydrogen (secondary N) is 1. The second-order valence-corrected chi connectivity index (χ2v) is 6.89. The zero-order chi connectivity index (χ0) is 18.3. The van der Waals surface area contributed by atoms with Crippen LogP contribution in [0.3, 0.4) is 0 Å². The van der Waals surface area contributed by atoms with Crippen molar-refractivity contribution in [1.82, 2.24) is 15.0 Å². The van der Waals surface area contributed by atoms with E-state index in [1.54, 1.807) is 0 Å². The van der Waals surface area contributed by atoms with E-state index in [0.717, 1.165) is 40.0 Å². The van der Waals surface area contributed by atoms with Crippen LogP contribution >= 0.6 is 11.6 Å². The largest absolute Gasteiger partial charge is 0.382 e. The van der Waals surface area contributed by atoms with E-state index in [1.807, 2.05) is 31.2 Å². The van der Waals surface area contributed by atoms with Crippen LogP contribution in [0.1, 0.15) is 48.5 Å². The minimum atomic E-state index is -0.130. The van der Waals surface area contributed by atoms with Crippen molar-refractivity contribution in [3.8, 4) is 12.3 Å². The average molecular weight is 364 g/mol. The monoisotopic (exact) mass is 363 g/mol. The van der Waals surface area contributed by atoms with Crippen LogP contribution in [-0.2, 0) is 0 Å². The van der Waals surface area contributed by atoms with Crippen LogP contribution < -0.4 is 11.1 Å². The van der Waals surface area contributed by atoms with Crippen LogP contribution in [-0.4, -0.2) is 15.0 Å². The van der Waals surface area contributed by atoms with E-state index in [9.17, 15) is 0 Å². The predicted octanol–water partition coefficient (Wildman–Crippen LogP) is 4.29. The molecule has 1 fully saturated rings. The number of fused-ring (bicyclic) bond motifs is 1. The van der Waals surface area contributed by atoms with Crippen LogP contribution in [0.4, 0.5) is 11.6 Å². The summed E-state index contributed by atoms with van der Waals surface area (Å²) in [6, 6.07) is 7.81. The topological polar surface area (TPSA) is 76.7 Å². The minimum Gasteiger partial charge on any atom is -0.382 e. The average Bonchev–Trinajstić information content (AvgIpc) is 3.46. The first-order valence-electron chi connectivity index (χ1n) is 8.51. The number of hydrogen-bond donors (Lipinski definition) is 2. The van der Waals surface area contributed by atoms with Crippen molar-refractivity contribution >= 4 is 34.1 Å². The third-order valence-electron chi connectivity index (χ3n) is 4.66. The van der Waals surface area contributed by atoms with Gasteiger partial charge in [0.05, 0.1) is 22.3 Å². The molecule has 0 radical (unpaired) electrons. The number of terminal acetylenes is 1. The summed E-state index contributed by atoms with van der Waals surface area (Å²) in [5.74, 6) is 3.82. The molecule has 3 aromatic rings. The van der Waals surface area contributed by atoms with Gasteiger partial charge in [0.15, 0.2) is 0 Å². The van der Waals surface area contributed by atoms with Gasteiger partial charge in [0.2, 0.25) is 0 Å². The maximum Gasteiger partial charge on any atom is 0.147 e. The molecule has 2 heterocycles. The molecule has 130 valence electrons. The van der Waals surface area contributed by atoms with Gasteiger partial charge in [0.1, 0.15) is 23.5 Å². The van der Waals surface area contributed by atoms with Gasteiger partial charge in [-0.15, -0.1) is 6.42 Å². The van der Waals surface area contributed by atoms with Gasteiger partial charge in [0.25, 0.3) is 0 Å². The number of pyridine rings is 1. The fourth-order valence-corrected chi connectivity index (χ4v) is 3.63. The lowest BCUT2D eigenvalue weighted by Crippen LogP contribution is -2.14. The van der Waals surface area contributed by atoms with Gasteiger partial charge in [-0.2, -0.15) is 0 Å². The highest BCUT2D eigenvalue weighted by Gasteiger charge is 2.32. The van der Waals surface area contributed by atoms with Crippen molar-refractivity contribution in [2.24, 2.45) is 0 Å². The smallest absolute Gasteiger partial charge is 0.147 e. The third-order valence-corrected chi connectivity index (χ3v) is 5.07. The fourth-order valence-electron chi connectivity index (χ4n) is 3.22. The lowest BCUT2D eigenvalue weighted by molar-refractivity contribution is 0.812. The summed E-state index contributed by atoms with van der Waals surface area (Å²) in [5.41, 5.74) is 9.25. The molecular formula is C20H18ClN5. The first-order chi connectivity index (χ1) is 12.6. The van der Waals surface area contributed by atoms with Crippen molar-refractivity contribution in [3.63, 3.8) is 0 Å². The highest BCUT2D eigenvalue weighted by molar-refractivity contribution is 6.36. The Hall–Kier alpha value is -2.84. The molecule has 1 atom stereocenters. The van der Waals surface area contributed by atoms with E-state index < -0.39 is 0 Å². The Kier molecular flexibility index (Phi) is 4.14. The predicted molar refractivity (Wildman–Crippen MR) is 105 cm³/mol. The number of aromatic nitrogens is 3. The number of rotatable bonds is 4. The number of anilines is 2. The van der Waals surface area contributed by atoms with E-state index in [1.165, 1.54) is 6.33 Å². The van der Waals surface area contributed by atoms with Crippen LogP contribution in [0.2, 0.25) is 5.02 Å². The van der Waals surface area contributed by atoms with Gasteiger partial charge in [-0.1, -0.05) is 35.7 Å². The summed E-state index contributed by atoms with van der Waals surface area (Å²) >= 11 is 6.77. The molecule has 0 spiro atoms. The number of para-hydroxylation sites is 1. The molecule has 1 aromatic carbocycles. The van der Waals surface area contributed by atoms with Gasteiger partial charge >= 0.3 is 0 Å². The molecule has 2 aromatic heterocycles. The minimum absolute atomic E-state index is 0.130. The lowest BCUT2D eigenvalue weighted by atomic mass is 10.0. The molecule has 1 aliphatic carbocycles. The van der Waals surface area contributed by atoms with Gasteiger partial charge in [-0.05, 0) is 37.3 Å². The van der Waals surface area contributed by atoms with Crippen LogP contribution in [0.15, 0.2) is 30.6 Å². The van der Waals surface area contributed by atoms with Crippen molar-refractivity contribution in [2.45, 2.75) is 31.7 Å². The molecule has 0 bridgehead atoms. The number of benzene rings is 1. The van der Waals surface area contributed by atoms with E-state index in [2.05, 4.69) is 21.2 Å². The Bertz CT molecular complexity index is 1040. The summed E-state index contributed by atoms with van der Waals surface area (Å²) in [6.45, 7) is 2.03. The van der Waals surface area contributed by atoms with Crippen molar-refractivity contribution in [3.05, 3.63) is 52.4 Å². The number of nitrogen functional groups attached to an aromatic ring is 1. The standard InChI is InChI=1S/C20H18ClN5/c1-3-13-19(22)23-10-24-20(13)25-11(2)18-16(12-8-9-12)17(21)14-6-4-5-7-15(14)26-18/h1,4-7,10-12H,8-9H2,2H3,(H3,22,23,24,25). The number of halogens is 1. The Labute approximate surface area is 157 Å². The summed E-state index contributed by atoms with van der Waals surface area (Å²) in [5, 5.41) is 5.12. The van der Waals surface area contributed by atoms with E-state index in [0.29, 0.717) is 17.3 Å². The second-order valence-electron chi connectivity index (χ2n) is 6.51. The molecule has 6 heteroatoms. The number of nitrogens with two attached hydrogens (primary N) is 1. The maximum absolute atomic E-state index is 6.77. The molecule has 1 saturated carbocycles. The highest BCUT2D eigenvalue weighted by Crippen LogP contribution is 2.47. The molecule has 1 aliphatic rings. The Morgan fingerprint density at radius 1 is 1.31 bits per heavy atom. The molecule has 3 N–H and O–H groups in total. The van der Waals surface area contributed by atoms with Crippen LogP contribution in [0.25, 0.3) is 10.9 Å². The van der Waals surface area contributed by atoms with Crippen LogP contribution in [0, 0.1) is 12.3 Å². The molecular weight excluding hydrogens is 346 g/mol. The first kappa shape index (κ1) is 16.6. The molecule has 4 rings (SSSR count). The zero-order valence-corrected chi connectivity index (χ0v) is 15.1. The van der Waals surface area contributed by atoms with E-state index >= 15 is 0 Å². The van der Waals surface area contributed by atoms with Crippen LogP contribution in [0.5, 0.6) is 0 Å². The normalized spacial score (nSPS) is 14.8. The van der Waals surface area contributed by atoms with E-state index in [4.69, 9.17) is 28.7 Å². The lowest BCUT2D eigenvalue weighted by Gasteiger charge is -2.20. The van der Waals surface area contributed by atoms with Gasteiger partial charge < -0.3 is 11.1 Å². The van der Waals surface area contributed by atoms with Crippen molar-refractivity contribution in [2.75, 3.05) is 11.1 Å². The van der Waals surface area contributed by atoms with Gasteiger partial charge in [0, 0.05) is 5.39 Å². The third kappa shape index (κ3) is 2.83. The summed E-state index contributed by atoms with van der Waals surface area (Å²) in [4.78, 5) is 13.1. The summed E-state index contributed by atoms with van der Waals surface area (Å²) in [6.07, 6.45) is 9.23. The molecule has 0 amide bonds. The fraction of sp³-hybridized carbons (Fsp3) is 0.250. The number of nitrogens with zero attached hydrogens (tertiary/aromatic N) is 3. The summed E-state index contributed by atoms with van der Waals surface area (Å²) < 4.78 is 0. The number of hydrogen-bond acceptors (Lipinski definition) is 5. The molecule has 5 nitrogen and oxygen atoms in total. The Morgan fingerprint density at radius 3 is 2.81 bits per heavy atom. The van der Waals surface area contributed by atoms with E-state index in [-0.39, 0.29) is 11.9 Å².